The number of benzene rings is 2. The Bertz CT molecular complexity index is 1470. The average molecular weight is 562 g/mol. The molecule has 14 heteroatoms. The van der Waals surface area contributed by atoms with Crippen molar-refractivity contribution in [2.45, 2.75) is 24.3 Å². The van der Waals surface area contributed by atoms with Gasteiger partial charge in [-0.25, -0.2) is 22.6 Å². The van der Waals surface area contributed by atoms with Crippen LogP contribution >= 0.6 is 11.3 Å². The number of hydrogen-bond acceptors (Lipinski definition) is 9. The third-order valence-corrected chi connectivity index (χ3v) is 8.30. The molecule has 3 aromatic rings. The number of amides is 1. The quantitative estimate of drug-likeness (QED) is 0.323. The second kappa shape index (κ2) is 11.6. The van der Waals surface area contributed by atoms with Gasteiger partial charge in [0.05, 0.1) is 42.1 Å². The Labute approximate surface area is 222 Å². The molecule has 2 heterocycles. The maximum atomic E-state index is 15.0. The smallest absolute Gasteiger partial charge is 0.357 e. The standard InChI is InChI=1S/C24H24FN5O6S2/c1-36-16-4-2-15(3-5-16)13-30(23-22(24(32)33)28-14-37-23)38(34,35)17-6-7-19(18(25)12-17)29-21(31)9-8-20-26-10-11-27-20/h2-7,12,14H,8-11,13H2,1H3,(H,26,27)(H,29,31)(H,32,33). The first-order valence-corrected chi connectivity index (χ1v) is 13.7. The highest BCUT2D eigenvalue weighted by Crippen LogP contribution is 2.33. The zero-order chi connectivity index (χ0) is 27.3. The van der Waals surface area contributed by atoms with Gasteiger partial charge in [-0.1, -0.05) is 12.1 Å². The minimum absolute atomic E-state index is 0.0737. The molecule has 0 aliphatic carbocycles. The molecule has 1 amide bonds. The van der Waals surface area contributed by atoms with E-state index >= 15 is 0 Å². The molecule has 11 nitrogen and oxygen atoms in total. The number of hydrogen-bond donors (Lipinski definition) is 3. The first-order chi connectivity index (χ1) is 18.2. The number of methoxy groups -OCH3 is 1. The molecular weight excluding hydrogens is 537 g/mol. The summed E-state index contributed by atoms with van der Waals surface area (Å²) in [5.41, 5.74) is 1.13. The van der Waals surface area contributed by atoms with Crippen LogP contribution in [0.25, 0.3) is 0 Å². The van der Waals surface area contributed by atoms with Crippen LogP contribution in [0.5, 0.6) is 5.75 Å². The highest BCUT2D eigenvalue weighted by molar-refractivity contribution is 7.93. The minimum atomic E-state index is -4.45. The summed E-state index contributed by atoms with van der Waals surface area (Å²) < 4.78 is 48.3. The van der Waals surface area contributed by atoms with E-state index < -0.39 is 38.3 Å². The van der Waals surface area contributed by atoms with Crippen LogP contribution in [0.15, 0.2) is 57.9 Å². The molecule has 0 saturated heterocycles. The molecule has 0 bridgehead atoms. The summed E-state index contributed by atoms with van der Waals surface area (Å²) in [6.07, 6.45) is 0.450. The van der Waals surface area contributed by atoms with Gasteiger partial charge in [0.25, 0.3) is 10.0 Å². The maximum Gasteiger partial charge on any atom is 0.357 e. The maximum absolute atomic E-state index is 15.0. The lowest BCUT2D eigenvalue weighted by atomic mass is 10.2. The van der Waals surface area contributed by atoms with Gasteiger partial charge in [-0.15, -0.1) is 11.3 Å². The van der Waals surface area contributed by atoms with Crippen molar-refractivity contribution in [1.82, 2.24) is 10.3 Å². The summed E-state index contributed by atoms with van der Waals surface area (Å²) in [5, 5.41) is 14.9. The lowest BCUT2D eigenvalue weighted by molar-refractivity contribution is -0.116. The number of ether oxygens (including phenoxy) is 1. The number of halogens is 1. The zero-order valence-electron chi connectivity index (χ0n) is 20.2. The van der Waals surface area contributed by atoms with Crippen molar-refractivity contribution in [3.63, 3.8) is 0 Å². The van der Waals surface area contributed by atoms with Crippen molar-refractivity contribution in [2.75, 3.05) is 29.8 Å². The number of thiazole rings is 1. The van der Waals surface area contributed by atoms with Crippen molar-refractivity contribution in [3.8, 4) is 5.75 Å². The summed E-state index contributed by atoms with van der Waals surface area (Å²) in [5.74, 6) is -1.54. The van der Waals surface area contributed by atoms with Gasteiger partial charge in [-0.05, 0) is 35.9 Å². The van der Waals surface area contributed by atoms with Crippen molar-refractivity contribution in [3.05, 3.63) is 65.0 Å². The molecule has 1 aromatic heterocycles. The topological polar surface area (TPSA) is 150 Å². The number of amidine groups is 1. The number of aliphatic imine (C=N–C) groups is 1. The van der Waals surface area contributed by atoms with Crippen LogP contribution in [0, 0.1) is 5.82 Å². The summed E-state index contributed by atoms with van der Waals surface area (Å²) >= 11 is 0.831. The Morgan fingerprint density at radius 1 is 1.24 bits per heavy atom. The monoisotopic (exact) mass is 561 g/mol. The first kappa shape index (κ1) is 27.0. The summed E-state index contributed by atoms with van der Waals surface area (Å²) in [7, 11) is -2.96. The van der Waals surface area contributed by atoms with Crippen molar-refractivity contribution >= 4 is 49.8 Å². The molecule has 2 aromatic carbocycles. The Morgan fingerprint density at radius 2 is 2.00 bits per heavy atom. The number of aromatic carboxylic acids is 1. The van der Waals surface area contributed by atoms with Gasteiger partial charge in [0.1, 0.15) is 16.6 Å². The van der Waals surface area contributed by atoms with Crippen molar-refractivity contribution in [1.29, 1.82) is 0 Å². The molecule has 200 valence electrons. The van der Waals surface area contributed by atoms with Gasteiger partial charge in [0.2, 0.25) is 5.91 Å². The van der Waals surface area contributed by atoms with Crippen LogP contribution < -0.4 is 19.7 Å². The molecule has 0 spiro atoms. The largest absolute Gasteiger partial charge is 0.497 e. The highest BCUT2D eigenvalue weighted by atomic mass is 32.2. The van der Waals surface area contributed by atoms with E-state index in [0.29, 0.717) is 36.7 Å². The fourth-order valence-corrected chi connectivity index (χ4v) is 6.16. The van der Waals surface area contributed by atoms with Crippen LogP contribution in [-0.2, 0) is 21.4 Å². The Hall–Kier alpha value is -4.04. The highest BCUT2D eigenvalue weighted by Gasteiger charge is 2.31. The number of carbonyl (C=O) groups excluding carboxylic acids is 1. The molecule has 3 N–H and O–H groups in total. The number of carbonyl (C=O) groups is 2. The Morgan fingerprint density at radius 3 is 2.63 bits per heavy atom. The Balaban J connectivity index is 1.60. The molecular formula is C24H24FN5O6S2. The second-order valence-corrected chi connectivity index (χ2v) is 10.8. The number of aromatic nitrogens is 1. The number of nitrogens with one attached hydrogen (secondary N) is 2. The lowest BCUT2D eigenvalue weighted by Crippen LogP contribution is -2.31. The number of carboxylic acid groups (broad SMARTS) is 1. The van der Waals surface area contributed by atoms with Gasteiger partial charge in [0.15, 0.2) is 5.69 Å². The fourth-order valence-electron chi connectivity index (χ4n) is 3.67. The van der Waals surface area contributed by atoms with Crippen molar-refractivity contribution < 1.29 is 32.2 Å². The molecule has 0 unspecified atom stereocenters. The fraction of sp³-hybridized carbons (Fsp3) is 0.250. The number of nitrogens with zero attached hydrogens (tertiary/aromatic N) is 3. The second-order valence-electron chi connectivity index (χ2n) is 8.12. The molecule has 0 atom stereocenters. The molecule has 1 aliphatic heterocycles. The Kier molecular flexibility index (Phi) is 8.22. The molecule has 0 radical (unpaired) electrons. The van der Waals surface area contributed by atoms with Gasteiger partial charge >= 0.3 is 5.97 Å². The van der Waals surface area contributed by atoms with Gasteiger partial charge in [0, 0.05) is 19.4 Å². The third kappa shape index (κ3) is 6.08. The molecule has 1 aliphatic rings. The SMILES string of the molecule is COc1ccc(CN(c2scnc2C(=O)O)S(=O)(=O)c2ccc(NC(=O)CCC3=NCCN3)c(F)c2)cc1. The van der Waals surface area contributed by atoms with Crippen LogP contribution in [0.2, 0.25) is 0 Å². The van der Waals surface area contributed by atoms with E-state index in [1.54, 1.807) is 24.3 Å². The lowest BCUT2D eigenvalue weighted by Gasteiger charge is -2.24. The summed E-state index contributed by atoms with van der Waals surface area (Å²) in [6, 6.07) is 9.63. The van der Waals surface area contributed by atoms with Gasteiger partial charge in [-0.3, -0.25) is 14.1 Å². The number of sulfonamides is 1. The van der Waals surface area contributed by atoms with Gasteiger partial charge in [-0.2, -0.15) is 0 Å². The molecule has 38 heavy (non-hydrogen) atoms. The number of rotatable bonds is 11. The van der Waals surface area contributed by atoms with E-state index in [-0.39, 0.29) is 23.7 Å². The number of anilines is 2. The minimum Gasteiger partial charge on any atom is -0.497 e. The van der Waals surface area contributed by atoms with E-state index in [1.807, 2.05) is 0 Å². The van der Waals surface area contributed by atoms with Gasteiger partial charge < -0.3 is 20.5 Å². The summed E-state index contributed by atoms with van der Waals surface area (Å²) in [4.78, 5) is 31.5. The van der Waals surface area contributed by atoms with Crippen LogP contribution in [0.1, 0.15) is 28.9 Å². The normalized spacial score (nSPS) is 12.9. The van der Waals surface area contributed by atoms with E-state index in [1.165, 1.54) is 12.6 Å². The van der Waals surface area contributed by atoms with Crippen LogP contribution in [0.3, 0.4) is 0 Å². The van der Waals surface area contributed by atoms with E-state index in [9.17, 15) is 27.5 Å². The first-order valence-electron chi connectivity index (χ1n) is 11.4. The van der Waals surface area contributed by atoms with E-state index in [2.05, 4.69) is 20.6 Å². The van der Waals surface area contributed by atoms with E-state index in [4.69, 9.17) is 4.74 Å². The third-order valence-electron chi connectivity index (χ3n) is 5.60. The predicted octanol–water partition coefficient (Wildman–Crippen LogP) is 3.10. The average Bonchev–Trinajstić information content (AvgIpc) is 3.60. The van der Waals surface area contributed by atoms with Crippen LogP contribution in [0.4, 0.5) is 15.1 Å². The van der Waals surface area contributed by atoms with E-state index in [0.717, 1.165) is 33.8 Å². The molecule has 4 rings (SSSR count). The number of carboxylic acids is 1. The van der Waals surface area contributed by atoms with Crippen molar-refractivity contribution in [2.24, 2.45) is 4.99 Å². The molecule has 0 saturated carbocycles. The predicted molar refractivity (Wildman–Crippen MR) is 140 cm³/mol. The molecule has 0 fully saturated rings. The summed E-state index contributed by atoms with van der Waals surface area (Å²) in [6.45, 7) is 1.12. The van der Waals surface area contributed by atoms with Crippen LogP contribution in [-0.4, -0.2) is 56.4 Å². The zero-order valence-corrected chi connectivity index (χ0v) is 21.8.